The zero-order valence-electron chi connectivity index (χ0n) is 25.5. The molecule has 10 heteroatoms. The maximum atomic E-state index is 12.1. The first-order valence-electron chi connectivity index (χ1n) is 16.6. The van der Waals surface area contributed by atoms with E-state index in [1.807, 2.05) is 18.2 Å². The molecule has 1 heterocycles. The number of nitrogens with zero attached hydrogens (tertiary/aromatic N) is 3. The second kappa shape index (κ2) is 14.7. The third kappa shape index (κ3) is 8.56. The van der Waals surface area contributed by atoms with E-state index in [4.69, 9.17) is 24.4 Å². The zero-order chi connectivity index (χ0) is 29.3. The van der Waals surface area contributed by atoms with E-state index < -0.39 is 0 Å². The van der Waals surface area contributed by atoms with Gasteiger partial charge >= 0.3 is 0 Å². The molecule has 0 saturated heterocycles. The molecule has 43 heavy (non-hydrogen) atoms. The molecule has 7 rings (SSSR count). The molecule has 4 bridgehead atoms. The zero-order valence-corrected chi connectivity index (χ0v) is 25.5. The van der Waals surface area contributed by atoms with Crippen LogP contribution in [-0.2, 0) is 9.47 Å². The standard InChI is InChI=1S/C33H49N7O3/c41-29(27-7-3-1-4-8-27)34-11-13-42-15-16-43-14-12-35-30-38-31(40-32(39-30)37-28-9-5-2-6-10-28)36-23-33-20-24-17-25(21-33)19-26(18-24)22-33/h1,3-4,7-8,24-26,28H,2,5-6,9-23H2,(H,34,41)(H3,35,36,37,38,39,40). The number of benzene rings is 1. The van der Waals surface area contributed by atoms with E-state index in [0.717, 1.165) is 24.3 Å². The fourth-order valence-electron chi connectivity index (χ4n) is 8.29. The topological polar surface area (TPSA) is 122 Å². The quantitative estimate of drug-likeness (QED) is 0.197. The van der Waals surface area contributed by atoms with Crippen LogP contribution in [0.3, 0.4) is 0 Å². The van der Waals surface area contributed by atoms with Gasteiger partial charge in [-0.05, 0) is 86.7 Å². The Morgan fingerprint density at radius 1 is 0.744 bits per heavy atom. The molecule has 1 amide bonds. The lowest BCUT2D eigenvalue weighted by Gasteiger charge is -2.56. The Labute approximate surface area is 255 Å². The number of rotatable bonds is 16. The van der Waals surface area contributed by atoms with Crippen molar-refractivity contribution in [2.75, 3.05) is 62.0 Å². The summed E-state index contributed by atoms with van der Waals surface area (Å²) in [6.07, 6.45) is 14.6. The second-order valence-corrected chi connectivity index (χ2v) is 13.3. The van der Waals surface area contributed by atoms with Crippen molar-refractivity contribution in [1.82, 2.24) is 20.3 Å². The number of hydrogen-bond acceptors (Lipinski definition) is 9. The van der Waals surface area contributed by atoms with Gasteiger partial charge in [0.25, 0.3) is 5.91 Å². The first kappa shape index (κ1) is 30.1. The largest absolute Gasteiger partial charge is 0.377 e. The van der Waals surface area contributed by atoms with Crippen LogP contribution in [0.2, 0.25) is 0 Å². The van der Waals surface area contributed by atoms with Crippen molar-refractivity contribution in [2.45, 2.75) is 76.7 Å². The van der Waals surface area contributed by atoms with Crippen LogP contribution in [0.1, 0.15) is 81.0 Å². The molecule has 4 N–H and O–H groups in total. The Bertz CT molecular complexity index is 1140. The highest BCUT2D eigenvalue weighted by molar-refractivity contribution is 5.94. The van der Waals surface area contributed by atoms with E-state index in [2.05, 4.69) is 21.3 Å². The molecular formula is C33H49N7O3. The molecule has 10 nitrogen and oxygen atoms in total. The number of aromatic nitrogens is 3. The predicted molar refractivity (Wildman–Crippen MR) is 168 cm³/mol. The predicted octanol–water partition coefficient (Wildman–Crippen LogP) is 5.12. The van der Waals surface area contributed by atoms with Crippen LogP contribution in [0.5, 0.6) is 0 Å². The summed E-state index contributed by atoms with van der Waals surface area (Å²) in [5.41, 5.74) is 1.06. The molecule has 234 valence electrons. The highest BCUT2D eigenvalue weighted by Crippen LogP contribution is 2.59. The first-order chi connectivity index (χ1) is 21.1. The van der Waals surface area contributed by atoms with Gasteiger partial charge in [-0.15, -0.1) is 0 Å². The van der Waals surface area contributed by atoms with Crippen LogP contribution in [0.25, 0.3) is 0 Å². The Hall–Kier alpha value is -2.98. The summed E-state index contributed by atoms with van der Waals surface area (Å²) in [7, 11) is 0. The molecule has 0 aliphatic heterocycles. The highest BCUT2D eigenvalue weighted by atomic mass is 16.5. The number of hydrogen-bond donors (Lipinski definition) is 4. The van der Waals surface area contributed by atoms with E-state index in [1.165, 1.54) is 70.6 Å². The lowest BCUT2D eigenvalue weighted by Crippen LogP contribution is -2.49. The summed E-state index contributed by atoms with van der Waals surface area (Å²) in [4.78, 5) is 26.3. The van der Waals surface area contributed by atoms with Gasteiger partial charge in [0.2, 0.25) is 17.8 Å². The van der Waals surface area contributed by atoms with Gasteiger partial charge in [0.15, 0.2) is 0 Å². The van der Waals surface area contributed by atoms with E-state index in [0.29, 0.717) is 74.4 Å². The third-order valence-corrected chi connectivity index (χ3v) is 9.83. The molecule has 0 radical (unpaired) electrons. The Kier molecular flexibility index (Phi) is 10.3. The van der Waals surface area contributed by atoms with Crippen LogP contribution in [0.4, 0.5) is 17.8 Å². The lowest BCUT2D eigenvalue weighted by molar-refractivity contribution is -0.0445. The second-order valence-electron chi connectivity index (χ2n) is 13.3. The van der Waals surface area contributed by atoms with Gasteiger partial charge in [0.1, 0.15) is 0 Å². The van der Waals surface area contributed by atoms with E-state index in [1.54, 1.807) is 12.1 Å². The van der Waals surface area contributed by atoms with Gasteiger partial charge in [-0.3, -0.25) is 4.79 Å². The fraction of sp³-hybridized carbons (Fsp3) is 0.697. The molecule has 0 atom stereocenters. The van der Waals surface area contributed by atoms with Crippen LogP contribution in [-0.4, -0.2) is 73.0 Å². The van der Waals surface area contributed by atoms with Crippen LogP contribution in [0, 0.1) is 23.2 Å². The highest BCUT2D eigenvalue weighted by Gasteiger charge is 2.50. The minimum absolute atomic E-state index is 0.0898. The summed E-state index contributed by atoms with van der Waals surface area (Å²) >= 11 is 0. The maximum Gasteiger partial charge on any atom is 0.251 e. The monoisotopic (exact) mass is 591 g/mol. The number of ether oxygens (including phenoxy) is 2. The van der Waals surface area contributed by atoms with Gasteiger partial charge in [-0.25, -0.2) is 0 Å². The molecule has 0 unspecified atom stereocenters. The summed E-state index contributed by atoms with van der Waals surface area (Å²) in [5, 5.41) is 13.4. The number of nitrogens with one attached hydrogen (secondary N) is 4. The Balaban J connectivity index is 0.927. The molecular weight excluding hydrogens is 542 g/mol. The number of amides is 1. The molecule has 0 spiro atoms. The average Bonchev–Trinajstić information content (AvgIpc) is 3.01. The minimum Gasteiger partial charge on any atom is -0.377 e. The van der Waals surface area contributed by atoms with Crippen molar-refractivity contribution < 1.29 is 14.3 Å². The van der Waals surface area contributed by atoms with Crippen molar-refractivity contribution >= 4 is 23.8 Å². The van der Waals surface area contributed by atoms with Gasteiger partial charge < -0.3 is 30.7 Å². The van der Waals surface area contributed by atoms with Crippen LogP contribution in [0.15, 0.2) is 30.3 Å². The summed E-state index contributed by atoms with van der Waals surface area (Å²) in [6.45, 7) is 3.93. The van der Waals surface area contributed by atoms with E-state index >= 15 is 0 Å². The minimum atomic E-state index is -0.0898. The van der Waals surface area contributed by atoms with Crippen LogP contribution >= 0.6 is 0 Å². The molecule has 5 fully saturated rings. The van der Waals surface area contributed by atoms with Crippen LogP contribution < -0.4 is 21.3 Å². The SMILES string of the molecule is O=C(NCCOCCOCCNc1nc(NCC23CC4CC(CC(C4)C2)C3)nc(NC2CCCCC2)n1)c1ccccc1. The molecule has 5 aliphatic rings. The van der Waals surface area contributed by atoms with Gasteiger partial charge in [-0.2, -0.15) is 15.0 Å². The molecule has 2 aromatic rings. The van der Waals surface area contributed by atoms with Gasteiger partial charge in [-0.1, -0.05) is 37.5 Å². The van der Waals surface area contributed by atoms with Gasteiger partial charge in [0, 0.05) is 31.2 Å². The third-order valence-electron chi connectivity index (χ3n) is 9.83. The average molecular weight is 592 g/mol. The van der Waals surface area contributed by atoms with E-state index in [-0.39, 0.29) is 5.91 Å². The van der Waals surface area contributed by atoms with Crippen molar-refractivity contribution in [2.24, 2.45) is 23.2 Å². The lowest BCUT2D eigenvalue weighted by atomic mass is 9.49. The molecule has 5 aliphatic carbocycles. The van der Waals surface area contributed by atoms with E-state index in [9.17, 15) is 4.79 Å². The molecule has 1 aromatic carbocycles. The van der Waals surface area contributed by atoms with Crippen molar-refractivity contribution in [1.29, 1.82) is 0 Å². The Morgan fingerprint density at radius 2 is 1.35 bits per heavy atom. The first-order valence-corrected chi connectivity index (χ1v) is 16.6. The number of carbonyl (C=O) groups is 1. The summed E-state index contributed by atoms with van der Waals surface area (Å²) < 4.78 is 11.3. The number of carbonyl (C=O) groups excluding carboxylic acids is 1. The summed E-state index contributed by atoms with van der Waals surface area (Å²) in [5.74, 6) is 4.60. The van der Waals surface area contributed by atoms with Crippen molar-refractivity contribution in [3.8, 4) is 0 Å². The smallest absolute Gasteiger partial charge is 0.251 e. The maximum absolute atomic E-state index is 12.1. The van der Waals surface area contributed by atoms with Gasteiger partial charge in [0.05, 0.1) is 26.4 Å². The van der Waals surface area contributed by atoms with Crippen molar-refractivity contribution in [3.63, 3.8) is 0 Å². The molecule has 1 aromatic heterocycles. The normalized spacial score (nSPS) is 26.3. The molecule has 5 saturated carbocycles. The fourth-order valence-corrected chi connectivity index (χ4v) is 8.29. The summed E-state index contributed by atoms with van der Waals surface area (Å²) in [6, 6.07) is 9.61. The Morgan fingerprint density at radius 3 is 2.02 bits per heavy atom. The van der Waals surface area contributed by atoms with Crippen molar-refractivity contribution in [3.05, 3.63) is 35.9 Å². The number of anilines is 3.